The summed E-state index contributed by atoms with van der Waals surface area (Å²) in [6, 6.07) is 4.41. The van der Waals surface area contributed by atoms with Crippen LogP contribution in [0.15, 0.2) is 18.3 Å². The van der Waals surface area contributed by atoms with E-state index in [2.05, 4.69) is 41.5 Å². The second-order valence-electron chi connectivity index (χ2n) is 3.99. The molecule has 1 aromatic rings. The van der Waals surface area contributed by atoms with Crippen LogP contribution in [0.5, 0.6) is 0 Å². The van der Waals surface area contributed by atoms with Crippen molar-refractivity contribution in [1.82, 2.24) is 9.88 Å². The van der Waals surface area contributed by atoms with Crippen molar-refractivity contribution >= 4 is 11.5 Å². The minimum atomic E-state index is 0.423. The Balaban J connectivity index is 2.55. The molecule has 0 saturated heterocycles. The van der Waals surface area contributed by atoms with Crippen LogP contribution in [-0.2, 0) is 0 Å². The molecule has 1 heterocycles. The molecule has 0 saturated carbocycles. The lowest BCUT2D eigenvalue weighted by molar-refractivity contribution is 0.392. The highest BCUT2D eigenvalue weighted by atomic mass is 15.1. The third-order valence-corrected chi connectivity index (χ3v) is 2.07. The van der Waals surface area contributed by atoms with Gasteiger partial charge >= 0.3 is 0 Å². The number of nitrogens with zero attached hydrogens (tertiary/aromatic N) is 2. The molecule has 0 aliphatic carbocycles. The highest BCUT2D eigenvalue weighted by Gasteiger charge is 2.03. The molecule has 4 heteroatoms. The average Bonchev–Trinajstić information content (AvgIpc) is 2.16. The average molecular weight is 208 g/mol. The third kappa shape index (κ3) is 4.16. The van der Waals surface area contributed by atoms with Crippen molar-refractivity contribution in [1.29, 1.82) is 0 Å². The minimum absolute atomic E-state index is 0.423. The summed E-state index contributed by atoms with van der Waals surface area (Å²) in [7, 11) is 6.02. The van der Waals surface area contributed by atoms with Crippen molar-refractivity contribution in [3.05, 3.63) is 18.3 Å². The van der Waals surface area contributed by atoms with Gasteiger partial charge in [-0.05, 0) is 27.1 Å². The molecule has 0 aliphatic rings. The van der Waals surface area contributed by atoms with E-state index in [1.54, 1.807) is 6.20 Å². The van der Waals surface area contributed by atoms with Gasteiger partial charge in [0.05, 0.1) is 0 Å². The molecule has 1 rings (SSSR count). The van der Waals surface area contributed by atoms with E-state index in [0.717, 1.165) is 18.1 Å². The second-order valence-corrected chi connectivity index (χ2v) is 3.99. The van der Waals surface area contributed by atoms with E-state index in [1.165, 1.54) is 0 Å². The van der Waals surface area contributed by atoms with Gasteiger partial charge in [-0.15, -0.1) is 0 Å². The number of hydrogen-bond donors (Lipinski definition) is 2. The fraction of sp³-hybridized carbons (Fsp3) is 0.545. The van der Waals surface area contributed by atoms with E-state index in [0.29, 0.717) is 6.04 Å². The molecular formula is C11H20N4. The maximum atomic E-state index is 4.16. The number of aromatic nitrogens is 1. The van der Waals surface area contributed by atoms with Crippen LogP contribution in [0.3, 0.4) is 0 Å². The summed E-state index contributed by atoms with van der Waals surface area (Å²) >= 11 is 0. The Bertz CT molecular complexity index is 298. The van der Waals surface area contributed by atoms with Crippen LogP contribution in [0.25, 0.3) is 0 Å². The molecular weight excluding hydrogens is 188 g/mol. The summed E-state index contributed by atoms with van der Waals surface area (Å²) in [6.45, 7) is 3.18. The van der Waals surface area contributed by atoms with Gasteiger partial charge in [0.25, 0.3) is 0 Å². The van der Waals surface area contributed by atoms with Crippen LogP contribution < -0.4 is 10.6 Å². The van der Waals surface area contributed by atoms with Crippen LogP contribution in [-0.4, -0.2) is 43.6 Å². The Morgan fingerprint density at radius 2 is 2.20 bits per heavy atom. The molecule has 0 aromatic carbocycles. The van der Waals surface area contributed by atoms with Crippen LogP contribution in [0, 0.1) is 0 Å². The number of nitrogens with one attached hydrogen (secondary N) is 2. The normalized spacial score (nSPS) is 12.6. The van der Waals surface area contributed by atoms with Crippen molar-refractivity contribution in [3.8, 4) is 0 Å². The van der Waals surface area contributed by atoms with Crippen LogP contribution in [0.4, 0.5) is 11.5 Å². The molecule has 2 N–H and O–H groups in total. The first-order chi connectivity index (χ1) is 7.11. The van der Waals surface area contributed by atoms with Gasteiger partial charge in [0.2, 0.25) is 0 Å². The maximum Gasteiger partial charge on any atom is 0.127 e. The van der Waals surface area contributed by atoms with E-state index >= 15 is 0 Å². The van der Waals surface area contributed by atoms with E-state index in [-0.39, 0.29) is 0 Å². The highest BCUT2D eigenvalue weighted by Crippen LogP contribution is 2.12. The molecule has 1 atom stereocenters. The van der Waals surface area contributed by atoms with Crippen LogP contribution in [0.2, 0.25) is 0 Å². The molecule has 0 aliphatic heterocycles. The zero-order chi connectivity index (χ0) is 11.3. The van der Waals surface area contributed by atoms with E-state index in [4.69, 9.17) is 0 Å². The summed E-state index contributed by atoms with van der Waals surface area (Å²) in [5, 5.41) is 6.45. The quantitative estimate of drug-likeness (QED) is 0.769. The molecule has 4 nitrogen and oxygen atoms in total. The number of rotatable bonds is 5. The minimum Gasteiger partial charge on any atom is -0.381 e. The van der Waals surface area contributed by atoms with Gasteiger partial charge in [-0.2, -0.15) is 0 Å². The standard InChI is InChI=1S/C11H20N4/c1-9(8-15(3)4)14-10-5-6-13-11(7-10)12-2/h5-7,9H,8H2,1-4H3,(H2,12,13,14). The molecule has 0 radical (unpaired) electrons. The number of likely N-dealkylation sites (N-methyl/N-ethyl adjacent to an activating group) is 1. The van der Waals surface area contributed by atoms with E-state index < -0.39 is 0 Å². The molecule has 0 bridgehead atoms. The predicted molar refractivity (Wildman–Crippen MR) is 65.4 cm³/mol. The fourth-order valence-electron chi connectivity index (χ4n) is 1.53. The van der Waals surface area contributed by atoms with Crippen molar-refractivity contribution in [2.75, 3.05) is 38.3 Å². The molecule has 0 fully saturated rings. The Kier molecular flexibility index (Phi) is 4.37. The van der Waals surface area contributed by atoms with Gasteiger partial charge < -0.3 is 15.5 Å². The zero-order valence-electron chi connectivity index (χ0n) is 9.91. The largest absolute Gasteiger partial charge is 0.381 e. The Morgan fingerprint density at radius 1 is 1.47 bits per heavy atom. The summed E-state index contributed by atoms with van der Waals surface area (Å²) in [5.74, 6) is 0.886. The third-order valence-electron chi connectivity index (χ3n) is 2.07. The van der Waals surface area contributed by atoms with Crippen LogP contribution >= 0.6 is 0 Å². The molecule has 1 aromatic heterocycles. The van der Waals surface area contributed by atoms with Crippen molar-refractivity contribution < 1.29 is 0 Å². The topological polar surface area (TPSA) is 40.2 Å². The number of hydrogen-bond acceptors (Lipinski definition) is 4. The van der Waals surface area contributed by atoms with Gasteiger partial charge in [0, 0.05) is 37.6 Å². The molecule has 1 unspecified atom stereocenters. The summed E-state index contributed by atoms with van der Waals surface area (Å²) < 4.78 is 0. The summed E-state index contributed by atoms with van der Waals surface area (Å²) in [5.41, 5.74) is 1.10. The SMILES string of the molecule is CNc1cc(NC(C)CN(C)C)ccn1. The first-order valence-corrected chi connectivity index (χ1v) is 5.17. The second kappa shape index (κ2) is 5.56. The molecule has 0 amide bonds. The Labute approximate surface area is 91.7 Å². The maximum absolute atomic E-state index is 4.16. The van der Waals surface area contributed by atoms with E-state index in [9.17, 15) is 0 Å². The lowest BCUT2D eigenvalue weighted by Gasteiger charge is -2.19. The monoisotopic (exact) mass is 208 g/mol. The molecule has 84 valence electrons. The zero-order valence-corrected chi connectivity index (χ0v) is 9.91. The smallest absolute Gasteiger partial charge is 0.127 e. The van der Waals surface area contributed by atoms with Crippen molar-refractivity contribution in [2.24, 2.45) is 0 Å². The Morgan fingerprint density at radius 3 is 2.80 bits per heavy atom. The van der Waals surface area contributed by atoms with Gasteiger partial charge in [-0.3, -0.25) is 0 Å². The van der Waals surface area contributed by atoms with Gasteiger partial charge in [0.1, 0.15) is 5.82 Å². The van der Waals surface area contributed by atoms with Gasteiger partial charge in [0.15, 0.2) is 0 Å². The molecule has 15 heavy (non-hydrogen) atoms. The summed E-state index contributed by atoms with van der Waals surface area (Å²) in [4.78, 5) is 6.33. The lowest BCUT2D eigenvalue weighted by atomic mass is 10.3. The van der Waals surface area contributed by atoms with E-state index in [1.807, 2.05) is 19.2 Å². The first-order valence-electron chi connectivity index (χ1n) is 5.17. The van der Waals surface area contributed by atoms with Crippen LogP contribution in [0.1, 0.15) is 6.92 Å². The highest BCUT2D eigenvalue weighted by molar-refractivity contribution is 5.51. The number of pyridine rings is 1. The lowest BCUT2D eigenvalue weighted by Crippen LogP contribution is -2.29. The van der Waals surface area contributed by atoms with Crippen molar-refractivity contribution in [2.45, 2.75) is 13.0 Å². The predicted octanol–water partition coefficient (Wildman–Crippen LogP) is 1.49. The molecule has 0 spiro atoms. The summed E-state index contributed by atoms with van der Waals surface area (Å²) in [6.07, 6.45) is 1.80. The van der Waals surface area contributed by atoms with Gasteiger partial charge in [-0.25, -0.2) is 4.98 Å². The number of anilines is 2. The first kappa shape index (κ1) is 11.8. The fourth-order valence-corrected chi connectivity index (χ4v) is 1.53. The van der Waals surface area contributed by atoms with Gasteiger partial charge in [-0.1, -0.05) is 0 Å². The Hall–Kier alpha value is -1.29. The van der Waals surface area contributed by atoms with Crippen molar-refractivity contribution in [3.63, 3.8) is 0 Å².